The summed E-state index contributed by atoms with van der Waals surface area (Å²) >= 11 is 0. The Hall–Kier alpha value is -4.68. The summed E-state index contributed by atoms with van der Waals surface area (Å²) < 4.78 is 50.6. The molecule has 2 aromatic heterocycles. The average Bonchev–Trinajstić information content (AvgIpc) is 3.46. The number of carbonyl (C=O) groups excluding carboxylic acids is 2. The maximum absolute atomic E-state index is 14.4. The highest BCUT2D eigenvalue weighted by molar-refractivity contribution is 8.93. The number of aryl methyl sites for hydroxylation is 2. The zero-order chi connectivity index (χ0) is 35.9. The van der Waals surface area contributed by atoms with Gasteiger partial charge in [-0.1, -0.05) is 38.1 Å². The van der Waals surface area contributed by atoms with E-state index in [-0.39, 0.29) is 34.5 Å². The molecule has 0 aliphatic carbocycles. The maximum atomic E-state index is 14.4. The molecule has 51 heavy (non-hydrogen) atoms. The summed E-state index contributed by atoms with van der Waals surface area (Å²) in [4.78, 5) is 36.2. The van der Waals surface area contributed by atoms with Gasteiger partial charge in [0.05, 0.1) is 17.4 Å². The van der Waals surface area contributed by atoms with E-state index in [4.69, 9.17) is 4.74 Å². The Morgan fingerprint density at radius 2 is 1.59 bits per heavy atom. The number of aromatic nitrogens is 2. The van der Waals surface area contributed by atoms with Gasteiger partial charge in [-0.3, -0.25) is 14.5 Å². The van der Waals surface area contributed by atoms with Gasteiger partial charge in [-0.25, -0.2) is 18.2 Å². The second-order valence-electron chi connectivity index (χ2n) is 13.2. The van der Waals surface area contributed by atoms with Gasteiger partial charge in [0.2, 0.25) is 5.88 Å². The molecule has 5 aromatic rings. The molecule has 268 valence electrons. The Morgan fingerprint density at radius 3 is 2.22 bits per heavy atom. The zero-order valence-corrected chi connectivity index (χ0v) is 31.2. The van der Waals surface area contributed by atoms with Gasteiger partial charge in [-0.15, -0.1) is 17.0 Å². The first kappa shape index (κ1) is 37.6. The first-order valence-electron chi connectivity index (χ1n) is 16.6. The molecule has 1 aliphatic heterocycles. The minimum absolute atomic E-state index is 0. The number of benzene rings is 3. The Bertz CT molecular complexity index is 2080. The van der Waals surface area contributed by atoms with Crippen LogP contribution in [0.15, 0.2) is 66.9 Å². The molecule has 3 aromatic carbocycles. The predicted octanol–water partition coefficient (Wildman–Crippen LogP) is 8.34. The van der Waals surface area contributed by atoms with E-state index >= 15 is 0 Å². The minimum Gasteiger partial charge on any atom is -0.439 e. The minimum atomic E-state index is -1.41. The van der Waals surface area contributed by atoms with E-state index in [2.05, 4.69) is 48.0 Å². The molecule has 6 rings (SSSR count). The molecule has 0 radical (unpaired) electrons. The van der Waals surface area contributed by atoms with Crippen molar-refractivity contribution in [3.8, 4) is 11.6 Å². The summed E-state index contributed by atoms with van der Waals surface area (Å²) in [5.74, 6) is -3.49. The van der Waals surface area contributed by atoms with Crippen LogP contribution >= 0.6 is 17.0 Å². The molecule has 12 heteroatoms. The highest BCUT2D eigenvalue weighted by Gasteiger charge is 2.26. The Morgan fingerprint density at radius 1 is 0.902 bits per heavy atom. The van der Waals surface area contributed by atoms with Crippen molar-refractivity contribution in [2.75, 3.05) is 38.1 Å². The van der Waals surface area contributed by atoms with E-state index in [1.165, 1.54) is 36.5 Å². The Labute approximate surface area is 306 Å². The summed E-state index contributed by atoms with van der Waals surface area (Å²) in [5.41, 5.74) is 3.96. The summed E-state index contributed by atoms with van der Waals surface area (Å²) in [5, 5.41) is 0.873. The van der Waals surface area contributed by atoms with Crippen LogP contribution in [0.25, 0.3) is 10.9 Å². The van der Waals surface area contributed by atoms with Crippen LogP contribution in [-0.2, 0) is 13.6 Å². The van der Waals surface area contributed by atoms with Crippen LogP contribution in [0.4, 0.5) is 18.9 Å². The standard InChI is InChI=1S/C39H40F3N5O3.BrH/c1-23(2)27-9-7-26(8-10-27)22-46-15-17-47(18-16-46)39(49)33-20-29-24(3)34(13-12-32(29)45(33)6)50-35-14-11-28(21-43-35)44(5)38(48)30-19-31(40)25(4)36(41)37(30)42;/h7-14,19-21,23H,15-18,22H2,1-6H3;1H. The van der Waals surface area contributed by atoms with E-state index < -0.39 is 34.5 Å². The monoisotopic (exact) mass is 763 g/mol. The van der Waals surface area contributed by atoms with Crippen molar-refractivity contribution in [1.29, 1.82) is 0 Å². The van der Waals surface area contributed by atoms with Gasteiger partial charge in [0.1, 0.15) is 17.3 Å². The number of rotatable bonds is 8. The van der Waals surface area contributed by atoms with Crippen molar-refractivity contribution in [2.45, 2.75) is 40.2 Å². The lowest BCUT2D eigenvalue weighted by Crippen LogP contribution is -2.48. The number of pyridine rings is 1. The normalized spacial score (nSPS) is 13.4. The molecule has 1 aliphatic rings. The molecule has 1 fully saturated rings. The van der Waals surface area contributed by atoms with Crippen LogP contribution in [-0.4, -0.2) is 64.4 Å². The number of anilines is 1. The largest absolute Gasteiger partial charge is 0.439 e. The van der Waals surface area contributed by atoms with E-state index in [0.29, 0.717) is 36.5 Å². The fraction of sp³-hybridized carbons (Fsp3) is 0.308. The quantitative estimate of drug-likeness (QED) is 0.149. The number of nitrogens with zero attached hydrogens (tertiary/aromatic N) is 5. The number of hydrogen-bond donors (Lipinski definition) is 0. The first-order chi connectivity index (χ1) is 23.8. The number of carbonyl (C=O) groups is 2. The van der Waals surface area contributed by atoms with Gasteiger partial charge >= 0.3 is 0 Å². The number of ether oxygens (including phenoxy) is 1. The molecule has 0 atom stereocenters. The lowest BCUT2D eigenvalue weighted by atomic mass is 10.0. The molecule has 0 N–H and O–H groups in total. The van der Waals surface area contributed by atoms with Crippen LogP contribution < -0.4 is 9.64 Å². The van der Waals surface area contributed by atoms with Crippen molar-refractivity contribution in [1.82, 2.24) is 19.4 Å². The molecule has 3 heterocycles. The van der Waals surface area contributed by atoms with Crippen molar-refractivity contribution >= 4 is 45.4 Å². The van der Waals surface area contributed by atoms with Gasteiger partial charge in [0.25, 0.3) is 11.8 Å². The van der Waals surface area contributed by atoms with Gasteiger partial charge in [-0.2, -0.15) is 0 Å². The van der Waals surface area contributed by atoms with E-state index in [1.54, 1.807) is 0 Å². The van der Waals surface area contributed by atoms with Gasteiger partial charge in [0, 0.05) is 74.9 Å². The molecule has 2 amide bonds. The number of amides is 2. The fourth-order valence-electron chi connectivity index (χ4n) is 6.27. The summed E-state index contributed by atoms with van der Waals surface area (Å²) in [6.45, 7) is 11.1. The van der Waals surface area contributed by atoms with Gasteiger partial charge < -0.3 is 19.1 Å². The predicted molar refractivity (Wildman–Crippen MR) is 198 cm³/mol. The zero-order valence-electron chi connectivity index (χ0n) is 29.5. The van der Waals surface area contributed by atoms with Gasteiger partial charge in [0.15, 0.2) is 11.6 Å². The molecule has 0 bridgehead atoms. The van der Waals surface area contributed by atoms with Crippen molar-refractivity contribution in [3.63, 3.8) is 0 Å². The molecule has 8 nitrogen and oxygen atoms in total. The number of halogens is 4. The molecule has 0 spiro atoms. The summed E-state index contributed by atoms with van der Waals surface area (Å²) in [6, 6.07) is 18.1. The lowest BCUT2D eigenvalue weighted by molar-refractivity contribution is 0.0619. The Kier molecular flexibility index (Phi) is 11.3. The SMILES string of the molecule is Br.Cc1c(F)cc(C(=O)N(C)c2ccc(Oc3ccc4c(cc(C(=O)N5CCN(Cc6ccc(C(C)C)cc6)CC5)n4C)c3C)nc2)c(F)c1F. The maximum Gasteiger partial charge on any atom is 0.270 e. The first-order valence-corrected chi connectivity index (χ1v) is 16.6. The van der Waals surface area contributed by atoms with Crippen LogP contribution in [0, 0.1) is 31.3 Å². The third kappa shape index (κ3) is 7.52. The fourth-order valence-corrected chi connectivity index (χ4v) is 6.27. The molecular weight excluding hydrogens is 723 g/mol. The highest BCUT2D eigenvalue weighted by atomic mass is 79.9. The number of hydrogen-bond acceptors (Lipinski definition) is 5. The van der Waals surface area contributed by atoms with Crippen LogP contribution in [0.1, 0.15) is 62.9 Å². The topological polar surface area (TPSA) is 70.9 Å². The van der Waals surface area contributed by atoms with E-state index in [1.807, 2.05) is 41.6 Å². The second-order valence-corrected chi connectivity index (χ2v) is 13.2. The highest BCUT2D eigenvalue weighted by Crippen LogP contribution is 2.33. The molecule has 0 saturated carbocycles. The Balaban J connectivity index is 0.00000504. The second kappa shape index (κ2) is 15.3. The van der Waals surface area contributed by atoms with E-state index in [9.17, 15) is 22.8 Å². The van der Waals surface area contributed by atoms with Crippen molar-refractivity contribution in [2.24, 2.45) is 7.05 Å². The number of fused-ring (bicyclic) bond motifs is 1. The summed E-state index contributed by atoms with van der Waals surface area (Å²) in [6.07, 6.45) is 1.35. The van der Waals surface area contributed by atoms with Crippen molar-refractivity contribution in [3.05, 3.63) is 118 Å². The third-order valence-corrected chi connectivity index (χ3v) is 9.62. The lowest BCUT2D eigenvalue weighted by Gasteiger charge is -2.34. The summed E-state index contributed by atoms with van der Waals surface area (Å²) in [7, 11) is 3.24. The third-order valence-electron chi connectivity index (χ3n) is 9.62. The number of piperazine rings is 1. The smallest absolute Gasteiger partial charge is 0.270 e. The van der Waals surface area contributed by atoms with Crippen molar-refractivity contribution < 1.29 is 27.5 Å². The molecule has 0 unspecified atom stereocenters. The average molecular weight is 765 g/mol. The van der Waals surface area contributed by atoms with Crippen LogP contribution in [0.3, 0.4) is 0 Å². The van der Waals surface area contributed by atoms with E-state index in [0.717, 1.165) is 47.9 Å². The van der Waals surface area contributed by atoms with Crippen LogP contribution in [0.5, 0.6) is 11.6 Å². The van der Waals surface area contributed by atoms with Crippen LogP contribution in [0.2, 0.25) is 0 Å². The molecular formula is C39H41BrF3N5O3. The molecule has 1 saturated heterocycles. The van der Waals surface area contributed by atoms with Gasteiger partial charge in [-0.05, 0) is 61.2 Å².